The summed E-state index contributed by atoms with van der Waals surface area (Å²) in [6, 6.07) is 0. The van der Waals surface area contributed by atoms with Crippen LogP contribution < -0.4 is 103 Å². The van der Waals surface area contributed by atoms with Crippen LogP contribution in [0.2, 0.25) is 133 Å². The maximum absolute atomic E-state index is 7.50. The minimum Gasteiger partial charge on any atom is 0 e. The van der Waals surface area contributed by atoms with Gasteiger partial charge >= 0.3 is 148 Å². The molecular formula is C100H216Co2K2O10Si16+2. The number of hydrogen-bond acceptors (Lipinski definition) is 6. The predicted molar refractivity (Wildman–Crippen MR) is 590 cm³/mol. The van der Waals surface area contributed by atoms with Gasteiger partial charge < -0.3 is 28.4 Å². The summed E-state index contributed by atoms with van der Waals surface area (Å²) in [5.41, 5.74) is 0. The molecule has 8 fully saturated rings. The van der Waals surface area contributed by atoms with Crippen LogP contribution in [0.5, 0.6) is 0 Å². The van der Waals surface area contributed by atoms with Gasteiger partial charge in [-0.2, -0.15) is 0 Å². The predicted octanol–water partition coefficient (Wildman–Crippen LogP) is 25.3. The SMILES string of the molecule is C1CCOC1.C1CCOC1.C1CCOC1.C1CCOC1.C1CCOC1.C1CCOC1.CC(C)(C)[Si](C)([Si]1[Si]([Si](C)(C(C)(C)C)C(C)(C)C)[Si]([Si](C)(C(C)(C)C)C(C)(C)C)[Si]1[Si](C)(C(C)(C)C)C(C)(C)C)C(C)(C)C.CC(C)(C)[Si](C)([Si]1[Si]([Si](C)(C(C)(C)C)C(C)(C)C)[Si]([Si](C)(C(C)(C)C)C(C)(C)C)[Si]1[Si](C)(C(C)(C)C)C(C)(C)C)C(C)(C)C.[C-]#[O+].[C-]#[O+].[C-]#[O+].[C-]#[O+].[Co].[Co].[K+].[K+]. The quantitative estimate of drug-likeness (QED) is 0.135. The molecule has 8 saturated heterocycles. The first-order valence-corrected chi connectivity index (χ1v) is 97.3. The Bertz CT molecular complexity index is 2400. The molecule has 0 unspecified atom stereocenters. The van der Waals surface area contributed by atoms with Crippen LogP contribution in [0.3, 0.4) is 0 Å². The Hall–Kier alpha value is 6.48. The second-order valence-corrected chi connectivity index (χ2v) is 200. The first kappa shape index (κ1) is 152. The topological polar surface area (TPSA) is 135 Å². The minimum atomic E-state index is -1.76. The third-order valence-electron chi connectivity index (χ3n) is 35.0. The van der Waals surface area contributed by atoms with Gasteiger partial charge in [0.1, 0.15) is 0 Å². The minimum absolute atomic E-state index is 0. The molecule has 30 heteroatoms. The molecule has 0 atom stereocenters. The molecule has 130 heavy (non-hydrogen) atoms. The monoisotopic (exact) mass is 2220 g/mol. The van der Waals surface area contributed by atoms with Crippen molar-refractivity contribution in [2.75, 3.05) is 79.3 Å². The van der Waals surface area contributed by atoms with E-state index in [4.69, 9.17) is 47.0 Å². The fourth-order valence-electron chi connectivity index (χ4n) is 22.9. The van der Waals surface area contributed by atoms with E-state index in [-0.39, 0.29) is 136 Å². The average Bonchev–Trinajstić information content (AvgIpc) is 1.06. The Balaban J connectivity index is -0.000000263. The zero-order valence-corrected chi connectivity index (χ0v) is 122. The van der Waals surface area contributed by atoms with E-state index < -0.39 is 120 Å². The zero-order chi connectivity index (χ0) is 102. The van der Waals surface area contributed by atoms with E-state index in [1.165, 1.54) is 77.0 Å². The van der Waals surface area contributed by atoms with Crippen molar-refractivity contribution in [2.24, 2.45) is 0 Å². The molecule has 10 radical (unpaired) electrons. The van der Waals surface area contributed by atoms with Crippen LogP contribution in [0, 0.1) is 26.6 Å². The largest absolute Gasteiger partial charge is 1.00 e. The van der Waals surface area contributed by atoms with E-state index in [0.29, 0.717) is 80.6 Å². The van der Waals surface area contributed by atoms with Gasteiger partial charge in [-0.15, -0.1) is 0 Å². The van der Waals surface area contributed by atoms with Crippen LogP contribution in [-0.2, 0) is 80.6 Å². The Morgan fingerprint density at radius 2 is 0.192 bits per heavy atom. The Kier molecular flexibility index (Phi) is 68.4. The van der Waals surface area contributed by atoms with Crippen LogP contribution in [0.15, 0.2) is 0 Å². The molecule has 8 rings (SSSR count). The molecule has 0 aromatic heterocycles. The second kappa shape index (κ2) is 58.6. The standard InChI is InChI=1S/2C36H84Si8.6C4H8O.4CO.2Co.2K/c2*1-29(2,3)41(25,30(4,5)6)37-38(42(26,31(7,8)9)32(10,11)12)40(44(28,35(19,20)21)36(22,23)24)39(37)43(27,33(13,14)15)34(16,17)18;6*1-2-4-5-3-1;4*1-2;;;;/h2*1-28H3;6*1-4H2;;;;;;;;/q;;;;;;;;;;;;;;2*+1. The van der Waals surface area contributed by atoms with E-state index in [0.717, 1.165) is 79.3 Å². The van der Waals surface area contributed by atoms with E-state index in [9.17, 15) is 0 Å². The Labute approximate surface area is 938 Å². The molecular weight excluding hydrogens is 2010 g/mol. The summed E-state index contributed by atoms with van der Waals surface area (Å²) in [5, 5.41) is 7.05. The maximum atomic E-state index is 7.50. The van der Waals surface area contributed by atoms with Crippen molar-refractivity contribution in [3.63, 3.8) is 0 Å². The van der Waals surface area contributed by atoms with E-state index >= 15 is 0 Å². The van der Waals surface area contributed by atoms with Crippen molar-refractivity contribution in [1.29, 1.82) is 0 Å². The van der Waals surface area contributed by atoms with E-state index in [2.05, 4.69) is 411 Å². The summed E-state index contributed by atoms with van der Waals surface area (Å²) in [6.45, 7) is 186. The summed E-state index contributed by atoms with van der Waals surface area (Å²) >= 11 is 0. The van der Waals surface area contributed by atoms with Gasteiger partial charge in [-0.05, 0) is 158 Å². The Morgan fingerprint density at radius 3 is 0.215 bits per heavy atom. The van der Waals surface area contributed by atoms with Crippen LogP contribution in [0.4, 0.5) is 0 Å². The summed E-state index contributed by atoms with van der Waals surface area (Å²) < 4.78 is 59.7. The summed E-state index contributed by atoms with van der Waals surface area (Å²) in [7, 11) is -18.3. The van der Waals surface area contributed by atoms with E-state index in [1.54, 1.807) is 0 Å². The van der Waals surface area contributed by atoms with Crippen LogP contribution >= 0.6 is 0 Å². The van der Waals surface area contributed by atoms with Gasteiger partial charge in [0.15, 0.2) is 0 Å². The molecule has 8 aliphatic rings. The van der Waals surface area contributed by atoms with E-state index in [1.807, 2.05) is 0 Å². The van der Waals surface area contributed by atoms with Gasteiger partial charge in [0.2, 0.25) is 0 Å². The van der Waals surface area contributed by atoms with Crippen molar-refractivity contribution in [3.05, 3.63) is 26.6 Å². The van der Waals surface area contributed by atoms with Crippen molar-refractivity contribution < 1.29 is 183 Å². The molecule has 8 aliphatic heterocycles. The number of hydrogen-bond donors (Lipinski definition) is 0. The maximum Gasteiger partial charge on any atom is 1.00 e. The third kappa shape index (κ3) is 35.3. The molecule has 8 heterocycles. The third-order valence-corrected chi connectivity index (χ3v) is 383. The first-order chi connectivity index (χ1) is 56.0. The van der Waals surface area contributed by atoms with Gasteiger partial charge in [0, 0.05) is 232 Å². The summed E-state index contributed by atoms with van der Waals surface area (Å²) in [5.74, 6) is 0. The number of ether oxygens (including phenoxy) is 6. The van der Waals surface area contributed by atoms with Crippen LogP contribution in [-0.4, -0.2) is 199 Å². The average molecular weight is 2220 g/mol. The van der Waals surface area contributed by atoms with Gasteiger partial charge in [0.25, 0.3) is 0 Å². The molecule has 0 aliphatic carbocycles. The van der Waals surface area contributed by atoms with Crippen LogP contribution in [0.1, 0.15) is 409 Å². The Morgan fingerprint density at radius 1 is 0.146 bits per heavy atom. The van der Waals surface area contributed by atoms with Gasteiger partial charge in [-0.25, -0.2) is 0 Å². The normalized spacial score (nSPS) is 19.1. The smallest absolute Gasteiger partial charge is 0 e. The molecule has 0 aromatic carbocycles. The second-order valence-electron chi connectivity index (χ2n) is 55.9. The summed E-state index contributed by atoms with van der Waals surface area (Å²) in [4.78, 5) is 0. The van der Waals surface area contributed by atoms with Gasteiger partial charge in [-0.1, -0.05) is 385 Å². The van der Waals surface area contributed by atoms with Crippen molar-refractivity contribution >= 4 is 120 Å². The van der Waals surface area contributed by atoms with Gasteiger partial charge in [-0.3, -0.25) is 0 Å². The zero-order valence-electron chi connectivity index (χ0n) is 97.7. The molecule has 0 amide bonds. The molecule has 10 nitrogen and oxygen atoms in total. The fraction of sp³-hybridized carbons (Fsp3) is 0.960. The molecule has 0 spiro atoms. The molecule has 0 aromatic rings. The molecule has 0 bridgehead atoms. The van der Waals surface area contributed by atoms with Crippen molar-refractivity contribution in [2.45, 2.75) is 542 Å². The fourth-order valence-corrected chi connectivity index (χ4v) is 708. The molecule has 758 valence electrons. The van der Waals surface area contributed by atoms with Crippen molar-refractivity contribution in [1.82, 2.24) is 0 Å². The molecule has 0 N–H and O–H groups in total. The number of rotatable bonds is 8. The van der Waals surface area contributed by atoms with Crippen molar-refractivity contribution in [3.8, 4) is 0 Å². The molecule has 0 saturated carbocycles. The van der Waals surface area contributed by atoms with Crippen LogP contribution in [0.25, 0.3) is 0 Å². The summed E-state index contributed by atoms with van der Waals surface area (Å²) in [6.07, 6.45) is 15.3. The first-order valence-electron chi connectivity index (χ1n) is 49.3. The van der Waals surface area contributed by atoms with Gasteiger partial charge in [0.05, 0.1) is 0 Å².